The predicted octanol–water partition coefficient (Wildman–Crippen LogP) is -5.88. The van der Waals surface area contributed by atoms with E-state index in [-0.39, 0.29) is 0 Å². The molecule has 14 nitrogen and oxygen atoms in total. The molecule has 10 atom stereocenters. The van der Waals surface area contributed by atoms with Crippen LogP contribution in [0.3, 0.4) is 0 Å². The Balaban J connectivity index is 2.31. The minimum Gasteiger partial charge on any atom is -0.394 e. The number of amides is 1. The number of hydrogen-bond donors (Lipinski definition) is 9. The molecule has 2 aliphatic rings. The van der Waals surface area contributed by atoms with E-state index >= 15 is 0 Å². The second-order valence-corrected chi connectivity index (χ2v) is 7.36. The minimum atomic E-state index is -1.79. The van der Waals surface area contributed by atoms with Crippen LogP contribution in [0.2, 0.25) is 0 Å². The lowest BCUT2D eigenvalue weighted by Gasteiger charge is -2.47. The molecule has 0 saturated carbocycles. The summed E-state index contributed by atoms with van der Waals surface area (Å²) in [5.41, 5.74) is 0. The Morgan fingerprint density at radius 1 is 0.871 bits per heavy atom. The highest BCUT2D eigenvalue weighted by Crippen LogP contribution is 2.30. The third-order valence-electron chi connectivity index (χ3n) is 5.10. The first-order valence-corrected chi connectivity index (χ1v) is 9.73. The van der Waals surface area contributed by atoms with Gasteiger partial charge in [0.1, 0.15) is 54.9 Å². The summed E-state index contributed by atoms with van der Waals surface area (Å²) < 4.78 is 21.8. The van der Waals surface area contributed by atoms with E-state index in [9.17, 15) is 45.6 Å². The molecule has 0 aromatic rings. The van der Waals surface area contributed by atoms with Crippen LogP contribution in [0.5, 0.6) is 0 Å². The molecule has 0 unspecified atom stereocenters. The predicted molar refractivity (Wildman–Crippen MR) is 97.0 cm³/mol. The number of ether oxygens (including phenoxy) is 4. The number of hydrogen-bond acceptors (Lipinski definition) is 13. The Hall–Kier alpha value is -1.01. The van der Waals surface area contributed by atoms with Crippen LogP contribution in [-0.2, 0) is 23.7 Å². The number of aliphatic hydroxyl groups is 8. The molecule has 14 heteroatoms. The van der Waals surface area contributed by atoms with Crippen molar-refractivity contribution in [3.63, 3.8) is 0 Å². The van der Waals surface area contributed by atoms with Crippen molar-refractivity contribution in [3.05, 3.63) is 0 Å². The maximum Gasteiger partial charge on any atom is 0.217 e. The molecule has 0 aromatic carbocycles. The molecule has 2 saturated heterocycles. The van der Waals surface area contributed by atoms with Gasteiger partial charge in [-0.1, -0.05) is 0 Å². The quantitative estimate of drug-likeness (QED) is 0.157. The normalized spacial score (nSPS) is 41.4. The van der Waals surface area contributed by atoms with Gasteiger partial charge >= 0.3 is 0 Å². The average molecular weight is 457 g/mol. The molecule has 2 rings (SSSR count). The highest BCUT2D eigenvalue weighted by Gasteiger charge is 2.51. The largest absolute Gasteiger partial charge is 0.394 e. The second kappa shape index (κ2) is 11.7. The molecular weight excluding hydrogens is 426 g/mol. The van der Waals surface area contributed by atoms with Crippen LogP contribution in [0.1, 0.15) is 6.92 Å². The molecule has 9 N–H and O–H groups in total. The first-order chi connectivity index (χ1) is 14.7. The molecule has 2 heterocycles. The van der Waals surface area contributed by atoms with Crippen LogP contribution in [0.25, 0.3) is 0 Å². The van der Waals surface area contributed by atoms with Gasteiger partial charge in [0.25, 0.3) is 0 Å². The minimum absolute atomic E-state index is 0.594. The van der Waals surface area contributed by atoms with Crippen molar-refractivity contribution in [2.24, 2.45) is 0 Å². The molecule has 31 heavy (non-hydrogen) atoms. The molecule has 1 amide bonds. The smallest absolute Gasteiger partial charge is 0.217 e. The van der Waals surface area contributed by atoms with Gasteiger partial charge in [0.2, 0.25) is 5.91 Å². The zero-order valence-electron chi connectivity index (χ0n) is 16.8. The van der Waals surface area contributed by atoms with Crippen molar-refractivity contribution < 1.29 is 64.6 Å². The Bertz CT molecular complexity index is 560. The van der Waals surface area contributed by atoms with Gasteiger partial charge in [-0.3, -0.25) is 4.79 Å². The van der Waals surface area contributed by atoms with E-state index in [0.29, 0.717) is 0 Å². The number of carbonyl (C=O) groups excluding carboxylic acids is 1. The van der Waals surface area contributed by atoms with Crippen molar-refractivity contribution in [1.29, 1.82) is 0 Å². The molecule has 2 fully saturated rings. The summed E-state index contributed by atoms with van der Waals surface area (Å²) in [6.07, 6.45) is -15.0. The zero-order chi connectivity index (χ0) is 23.3. The van der Waals surface area contributed by atoms with Gasteiger partial charge < -0.3 is 65.1 Å². The van der Waals surface area contributed by atoms with Gasteiger partial charge in [-0.2, -0.15) is 0 Å². The Kier molecular flexibility index (Phi) is 9.94. The molecular formula is C17H31NO13. The fourth-order valence-electron chi connectivity index (χ4n) is 3.40. The summed E-state index contributed by atoms with van der Waals surface area (Å²) in [4.78, 5) is 11.7. The molecule has 0 radical (unpaired) electrons. The molecule has 0 aliphatic carbocycles. The highest BCUT2D eigenvalue weighted by atomic mass is 16.7. The van der Waals surface area contributed by atoms with Crippen molar-refractivity contribution in [2.75, 3.05) is 26.4 Å². The summed E-state index contributed by atoms with van der Waals surface area (Å²) in [5.74, 6) is -0.594. The lowest BCUT2D eigenvalue weighted by Crippen LogP contribution is -2.68. The summed E-state index contributed by atoms with van der Waals surface area (Å²) in [6.45, 7) is -1.47. The monoisotopic (exact) mass is 457 g/mol. The van der Waals surface area contributed by atoms with Crippen LogP contribution in [0.15, 0.2) is 0 Å². The van der Waals surface area contributed by atoms with Crippen LogP contribution in [0, 0.1) is 0 Å². The number of rotatable bonds is 9. The van der Waals surface area contributed by atoms with Crippen molar-refractivity contribution in [3.8, 4) is 0 Å². The van der Waals surface area contributed by atoms with E-state index < -0.39 is 99.8 Å². The van der Waals surface area contributed by atoms with Crippen molar-refractivity contribution in [2.45, 2.75) is 74.4 Å². The third kappa shape index (κ3) is 6.07. The van der Waals surface area contributed by atoms with E-state index in [4.69, 9.17) is 18.9 Å². The van der Waals surface area contributed by atoms with Crippen molar-refractivity contribution >= 4 is 5.91 Å². The fraction of sp³-hybridized carbons (Fsp3) is 0.941. The topological polar surface area (TPSA) is 228 Å². The van der Waals surface area contributed by atoms with E-state index in [1.807, 2.05) is 0 Å². The van der Waals surface area contributed by atoms with Gasteiger partial charge in [0.05, 0.1) is 26.4 Å². The van der Waals surface area contributed by atoms with Crippen molar-refractivity contribution in [1.82, 2.24) is 5.32 Å². The Labute approximate surface area is 177 Å². The molecule has 0 aromatic heterocycles. The van der Waals surface area contributed by atoms with Gasteiger partial charge in [-0.25, -0.2) is 0 Å². The van der Waals surface area contributed by atoms with Crippen LogP contribution >= 0.6 is 0 Å². The second-order valence-electron chi connectivity index (χ2n) is 7.36. The van der Waals surface area contributed by atoms with Crippen LogP contribution in [0.4, 0.5) is 0 Å². The summed E-state index contributed by atoms with van der Waals surface area (Å²) in [6, 6.07) is -1.27. The van der Waals surface area contributed by atoms with E-state index in [2.05, 4.69) is 5.32 Å². The molecule has 0 bridgehead atoms. The van der Waals surface area contributed by atoms with Crippen LogP contribution < -0.4 is 5.32 Å². The summed E-state index contributed by atoms with van der Waals surface area (Å²) >= 11 is 0. The zero-order valence-corrected chi connectivity index (χ0v) is 16.8. The SMILES string of the molecule is CC(=O)N[C@H]1[C@H](OC(CO)CO)O[C@H](CO)[C@@H](O)[C@@H]1O[C@H]1O[C@H](CO)[C@H](O)[C@H](O)[C@H]1O. The average Bonchev–Trinajstić information content (AvgIpc) is 2.75. The summed E-state index contributed by atoms with van der Waals surface area (Å²) in [5, 5.41) is 80.6. The Morgan fingerprint density at radius 3 is 1.94 bits per heavy atom. The van der Waals surface area contributed by atoms with Crippen LogP contribution in [-0.4, -0.2) is 141 Å². The molecule has 182 valence electrons. The molecule has 0 spiro atoms. The lowest BCUT2D eigenvalue weighted by molar-refractivity contribution is -0.348. The maximum absolute atomic E-state index is 11.7. The van der Waals surface area contributed by atoms with E-state index in [1.54, 1.807) is 0 Å². The molecule has 2 aliphatic heterocycles. The van der Waals surface area contributed by atoms with Gasteiger partial charge in [0, 0.05) is 6.92 Å². The third-order valence-corrected chi connectivity index (χ3v) is 5.10. The first-order valence-electron chi connectivity index (χ1n) is 9.73. The highest BCUT2D eigenvalue weighted by molar-refractivity contribution is 5.73. The lowest BCUT2D eigenvalue weighted by atomic mass is 9.95. The number of carbonyl (C=O) groups is 1. The van der Waals surface area contributed by atoms with E-state index in [1.165, 1.54) is 0 Å². The first kappa shape index (κ1) is 26.2. The van der Waals surface area contributed by atoms with Gasteiger partial charge in [-0.15, -0.1) is 0 Å². The maximum atomic E-state index is 11.7. The fourth-order valence-corrected chi connectivity index (χ4v) is 3.40. The standard InChI is InChI=1S/C17H31NO13/c1-6(23)18-10-15(31-17-14(27)13(26)11(24)8(4-21)30-17)12(25)9(5-22)29-16(10)28-7(2-19)3-20/h7-17,19-22,24-27H,2-5H2,1H3,(H,18,23)/t8-,9-,10-,11+,12-,13+,14-,15-,16-,17-/m1/s1. The Morgan fingerprint density at radius 2 is 1.42 bits per heavy atom. The number of nitrogens with one attached hydrogen (secondary N) is 1. The summed E-state index contributed by atoms with van der Waals surface area (Å²) in [7, 11) is 0. The number of aliphatic hydroxyl groups excluding tert-OH is 8. The van der Waals surface area contributed by atoms with E-state index in [0.717, 1.165) is 6.92 Å². The van der Waals surface area contributed by atoms with Gasteiger partial charge in [-0.05, 0) is 0 Å². The van der Waals surface area contributed by atoms with Gasteiger partial charge in [0.15, 0.2) is 12.6 Å².